The standard InChI is InChI=1S/C34H29N3O4S/c38-32(37-30-14-6-4-12-27(30)28-13-5-7-15-31(28)37)22-42-26-18-16-24(17-19-26)35-34(40)29(21-25-11-8-20-41-25)36-33(39)23-9-2-1-3-10-23/h1-4,6,8-12,14,16-21H,5,7,13,15,22H2,(H,35,40)(H,36,39)/b29-21-. The van der Waals surface area contributed by atoms with Crippen molar-refractivity contribution < 1.29 is 18.8 Å². The fourth-order valence-corrected chi connectivity index (χ4v) is 6.03. The van der Waals surface area contributed by atoms with Gasteiger partial charge in [0.15, 0.2) is 0 Å². The number of carbonyl (C=O) groups is 3. The number of carbonyl (C=O) groups excluding carboxylic acids is 3. The van der Waals surface area contributed by atoms with E-state index in [0.29, 0.717) is 22.8 Å². The molecule has 42 heavy (non-hydrogen) atoms. The third-order valence-corrected chi connectivity index (χ3v) is 8.26. The minimum Gasteiger partial charge on any atom is -0.465 e. The average molecular weight is 576 g/mol. The highest BCUT2D eigenvalue weighted by Gasteiger charge is 2.23. The predicted octanol–water partition coefficient (Wildman–Crippen LogP) is 6.96. The van der Waals surface area contributed by atoms with Crippen molar-refractivity contribution in [2.45, 2.75) is 30.6 Å². The first-order valence-electron chi connectivity index (χ1n) is 13.9. The molecule has 210 valence electrons. The second-order valence-electron chi connectivity index (χ2n) is 10.0. The van der Waals surface area contributed by atoms with Crippen molar-refractivity contribution in [1.82, 2.24) is 9.88 Å². The number of nitrogens with zero attached hydrogens (tertiary/aromatic N) is 1. The van der Waals surface area contributed by atoms with Crippen molar-refractivity contribution in [1.29, 1.82) is 0 Å². The van der Waals surface area contributed by atoms with E-state index in [-0.39, 0.29) is 11.6 Å². The molecule has 0 fully saturated rings. The zero-order chi connectivity index (χ0) is 28.9. The summed E-state index contributed by atoms with van der Waals surface area (Å²) in [5, 5.41) is 6.71. The van der Waals surface area contributed by atoms with Gasteiger partial charge in [0.1, 0.15) is 11.5 Å². The molecule has 2 amide bonds. The number of benzene rings is 3. The Labute approximate surface area is 247 Å². The molecule has 0 saturated heterocycles. The smallest absolute Gasteiger partial charge is 0.272 e. The van der Waals surface area contributed by atoms with Gasteiger partial charge in [-0.15, -0.1) is 11.8 Å². The number of amides is 2. The number of hydrogen-bond donors (Lipinski definition) is 2. The summed E-state index contributed by atoms with van der Waals surface area (Å²) in [6.45, 7) is 0. The van der Waals surface area contributed by atoms with E-state index >= 15 is 0 Å². The van der Waals surface area contributed by atoms with Crippen LogP contribution in [0.25, 0.3) is 17.0 Å². The van der Waals surface area contributed by atoms with Crippen LogP contribution in [0.5, 0.6) is 0 Å². The number of hydrogen-bond acceptors (Lipinski definition) is 5. The minimum absolute atomic E-state index is 0.0464. The summed E-state index contributed by atoms with van der Waals surface area (Å²) in [5.74, 6) is -0.0919. The van der Waals surface area contributed by atoms with Crippen LogP contribution in [0.4, 0.5) is 5.69 Å². The Morgan fingerprint density at radius 2 is 1.62 bits per heavy atom. The molecule has 2 N–H and O–H groups in total. The summed E-state index contributed by atoms with van der Waals surface area (Å²) in [6, 6.07) is 27.5. The van der Waals surface area contributed by atoms with Gasteiger partial charge in [-0.3, -0.25) is 19.0 Å². The molecule has 1 aliphatic rings. The van der Waals surface area contributed by atoms with Crippen molar-refractivity contribution in [3.8, 4) is 0 Å². The quantitative estimate of drug-likeness (QED) is 0.154. The Morgan fingerprint density at radius 3 is 2.40 bits per heavy atom. The third-order valence-electron chi connectivity index (χ3n) is 7.26. The van der Waals surface area contributed by atoms with Crippen LogP contribution < -0.4 is 10.6 Å². The normalized spacial score (nSPS) is 13.0. The van der Waals surface area contributed by atoms with E-state index in [1.54, 1.807) is 48.5 Å². The van der Waals surface area contributed by atoms with Gasteiger partial charge in [-0.2, -0.15) is 0 Å². The molecule has 0 aliphatic heterocycles. The summed E-state index contributed by atoms with van der Waals surface area (Å²) in [7, 11) is 0. The largest absolute Gasteiger partial charge is 0.465 e. The van der Waals surface area contributed by atoms with E-state index in [2.05, 4.69) is 16.7 Å². The number of anilines is 1. The molecule has 3 aromatic carbocycles. The number of thioether (sulfide) groups is 1. The van der Waals surface area contributed by atoms with Crippen LogP contribution in [0.1, 0.15) is 45.0 Å². The lowest BCUT2D eigenvalue weighted by Gasteiger charge is -2.15. The number of para-hydroxylation sites is 1. The monoisotopic (exact) mass is 575 g/mol. The Balaban J connectivity index is 1.13. The fourth-order valence-electron chi connectivity index (χ4n) is 5.28. The average Bonchev–Trinajstić information content (AvgIpc) is 3.66. The van der Waals surface area contributed by atoms with Gasteiger partial charge in [0, 0.05) is 33.3 Å². The SMILES string of the molecule is O=C(Nc1ccc(SCC(=O)n2c3c(c4ccccc42)CCCC3)cc1)/C(=C/c1ccco1)NC(=O)c1ccccc1. The van der Waals surface area contributed by atoms with E-state index in [1.807, 2.05) is 41.0 Å². The molecule has 8 heteroatoms. The van der Waals surface area contributed by atoms with E-state index in [9.17, 15) is 14.4 Å². The van der Waals surface area contributed by atoms with Gasteiger partial charge in [-0.05, 0) is 85.8 Å². The highest BCUT2D eigenvalue weighted by Crippen LogP contribution is 2.33. The Kier molecular flexibility index (Phi) is 8.05. The zero-order valence-corrected chi connectivity index (χ0v) is 23.7. The lowest BCUT2D eigenvalue weighted by molar-refractivity contribution is -0.113. The first kappa shape index (κ1) is 27.4. The molecular formula is C34H29N3O4S. The van der Waals surface area contributed by atoms with Crippen LogP contribution in [-0.2, 0) is 17.6 Å². The molecule has 2 heterocycles. The van der Waals surface area contributed by atoms with E-state index in [0.717, 1.165) is 41.8 Å². The van der Waals surface area contributed by atoms with Crippen LogP contribution in [0, 0.1) is 0 Å². The van der Waals surface area contributed by atoms with Gasteiger partial charge in [0.25, 0.3) is 11.8 Å². The highest BCUT2D eigenvalue weighted by atomic mass is 32.2. The van der Waals surface area contributed by atoms with E-state index in [4.69, 9.17) is 4.42 Å². The van der Waals surface area contributed by atoms with Crippen molar-refractivity contribution in [3.63, 3.8) is 0 Å². The van der Waals surface area contributed by atoms with Crippen LogP contribution in [0.15, 0.2) is 112 Å². The second kappa shape index (κ2) is 12.4. The highest BCUT2D eigenvalue weighted by molar-refractivity contribution is 8.00. The number of aromatic nitrogens is 1. The molecule has 0 saturated carbocycles. The predicted molar refractivity (Wildman–Crippen MR) is 166 cm³/mol. The molecule has 1 aliphatic carbocycles. The Hall–Kier alpha value is -4.82. The number of aryl methyl sites for hydroxylation is 1. The van der Waals surface area contributed by atoms with E-state index < -0.39 is 11.8 Å². The number of fused-ring (bicyclic) bond motifs is 3. The second-order valence-corrected chi connectivity index (χ2v) is 11.1. The van der Waals surface area contributed by atoms with Crippen LogP contribution >= 0.6 is 11.8 Å². The molecule has 6 rings (SSSR count). The fraction of sp³-hybridized carbons (Fsp3) is 0.147. The number of nitrogens with one attached hydrogen (secondary N) is 2. The molecule has 7 nitrogen and oxygen atoms in total. The summed E-state index contributed by atoms with van der Waals surface area (Å²) < 4.78 is 7.27. The summed E-state index contributed by atoms with van der Waals surface area (Å²) in [6.07, 6.45) is 7.18. The van der Waals surface area contributed by atoms with Gasteiger partial charge in [0.2, 0.25) is 5.91 Å². The van der Waals surface area contributed by atoms with Crippen molar-refractivity contribution >= 4 is 52.1 Å². The Bertz CT molecular complexity index is 1770. The Morgan fingerprint density at radius 1 is 0.857 bits per heavy atom. The van der Waals surface area contributed by atoms with Crippen LogP contribution in [0.3, 0.4) is 0 Å². The molecular weight excluding hydrogens is 546 g/mol. The summed E-state index contributed by atoms with van der Waals surface area (Å²) in [4.78, 5) is 40.3. The van der Waals surface area contributed by atoms with Crippen LogP contribution in [0.2, 0.25) is 0 Å². The molecule has 0 radical (unpaired) electrons. The summed E-state index contributed by atoms with van der Waals surface area (Å²) in [5.41, 5.74) is 4.50. The molecule has 0 spiro atoms. The first-order chi connectivity index (χ1) is 20.6. The maximum Gasteiger partial charge on any atom is 0.272 e. The van der Waals surface area contributed by atoms with Crippen molar-refractivity contribution in [2.75, 3.05) is 11.1 Å². The van der Waals surface area contributed by atoms with Gasteiger partial charge < -0.3 is 15.1 Å². The molecule has 0 bridgehead atoms. The first-order valence-corrected chi connectivity index (χ1v) is 14.9. The third kappa shape index (κ3) is 5.94. The van der Waals surface area contributed by atoms with Gasteiger partial charge >= 0.3 is 0 Å². The van der Waals surface area contributed by atoms with Gasteiger partial charge in [-0.1, -0.05) is 36.4 Å². The molecule has 0 unspecified atom stereocenters. The van der Waals surface area contributed by atoms with Crippen molar-refractivity contribution in [2.24, 2.45) is 0 Å². The molecule has 2 aromatic heterocycles. The minimum atomic E-state index is -0.490. The van der Waals surface area contributed by atoms with Crippen LogP contribution in [-0.4, -0.2) is 28.0 Å². The molecule has 5 aromatic rings. The maximum atomic E-state index is 13.4. The topological polar surface area (TPSA) is 93.3 Å². The summed E-state index contributed by atoms with van der Waals surface area (Å²) >= 11 is 1.46. The molecule has 0 atom stereocenters. The van der Waals surface area contributed by atoms with E-state index in [1.165, 1.54) is 35.1 Å². The maximum absolute atomic E-state index is 13.4. The number of rotatable bonds is 8. The lowest BCUT2D eigenvalue weighted by atomic mass is 9.96. The van der Waals surface area contributed by atoms with Crippen molar-refractivity contribution in [3.05, 3.63) is 126 Å². The van der Waals surface area contributed by atoms with Gasteiger partial charge in [0.05, 0.1) is 17.5 Å². The zero-order valence-electron chi connectivity index (χ0n) is 22.8. The van der Waals surface area contributed by atoms with Gasteiger partial charge in [-0.25, -0.2) is 0 Å². The lowest BCUT2D eigenvalue weighted by Crippen LogP contribution is -2.30. The number of furan rings is 1.